The van der Waals surface area contributed by atoms with Crippen LogP contribution in [0.3, 0.4) is 0 Å². The van der Waals surface area contributed by atoms with Crippen LogP contribution in [0.4, 0.5) is 20.2 Å². The van der Waals surface area contributed by atoms with E-state index < -0.39 is 11.6 Å². The van der Waals surface area contributed by atoms with Gasteiger partial charge >= 0.3 is 0 Å². The van der Waals surface area contributed by atoms with Crippen LogP contribution in [0.5, 0.6) is 0 Å². The average molecular weight is 244 g/mol. The fourth-order valence-electron chi connectivity index (χ4n) is 1.89. The van der Waals surface area contributed by atoms with Gasteiger partial charge in [0, 0.05) is 24.9 Å². The summed E-state index contributed by atoms with van der Waals surface area (Å²) in [7, 11) is 1.83. The van der Waals surface area contributed by atoms with Gasteiger partial charge < -0.3 is 10.6 Å². The Balaban J connectivity index is 2.31. The zero-order chi connectivity index (χ0) is 11.7. The first-order valence-electron chi connectivity index (χ1n) is 5.14. The lowest BCUT2D eigenvalue weighted by atomic mass is 10.1. The fraction of sp³-hybridized carbons (Fsp3) is 0.455. The minimum absolute atomic E-state index is 0.0285. The molecule has 1 atom stereocenters. The van der Waals surface area contributed by atoms with Gasteiger partial charge in [0.2, 0.25) is 0 Å². The van der Waals surface area contributed by atoms with E-state index in [1.54, 1.807) is 0 Å². The van der Waals surface area contributed by atoms with Gasteiger partial charge in [0.05, 0.1) is 11.4 Å². The molecule has 1 aromatic rings. The summed E-state index contributed by atoms with van der Waals surface area (Å²) < 4.78 is 26.4. The average Bonchev–Trinajstić information content (AvgIpc) is 2.75. The van der Waals surface area contributed by atoms with Crippen LogP contribution < -0.4 is 10.6 Å². The molecule has 0 spiro atoms. The van der Waals surface area contributed by atoms with E-state index >= 15 is 0 Å². The maximum atomic E-state index is 13.3. The van der Waals surface area contributed by atoms with Crippen LogP contribution in [0.25, 0.3) is 0 Å². The SMILES string of the molecule is CN(c1cc(F)cc(F)c1N)C1CCSC1. The molecule has 0 aliphatic carbocycles. The molecule has 1 unspecified atom stereocenters. The molecule has 2 rings (SSSR count). The number of rotatable bonds is 2. The summed E-state index contributed by atoms with van der Waals surface area (Å²) in [6.07, 6.45) is 1.03. The number of benzene rings is 1. The Bertz CT molecular complexity index is 392. The zero-order valence-corrected chi connectivity index (χ0v) is 9.86. The first-order valence-corrected chi connectivity index (χ1v) is 6.30. The molecule has 88 valence electrons. The highest BCUT2D eigenvalue weighted by molar-refractivity contribution is 7.99. The van der Waals surface area contributed by atoms with Gasteiger partial charge in [-0.3, -0.25) is 0 Å². The number of nitrogens with zero attached hydrogens (tertiary/aromatic N) is 1. The Kier molecular flexibility index (Phi) is 3.23. The summed E-state index contributed by atoms with van der Waals surface area (Å²) in [5.41, 5.74) is 6.11. The van der Waals surface area contributed by atoms with Crippen molar-refractivity contribution in [1.29, 1.82) is 0 Å². The normalized spacial score (nSPS) is 20.1. The predicted molar refractivity (Wildman–Crippen MR) is 64.9 cm³/mol. The second-order valence-electron chi connectivity index (χ2n) is 3.95. The van der Waals surface area contributed by atoms with Gasteiger partial charge in [0.25, 0.3) is 0 Å². The summed E-state index contributed by atoms with van der Waals surface area (Å²) in [4.78, 5) is 1.88. The highest BCUT2D eigenvalue weighted by Crippen LogP contribution is 2.31. The van der Waals surface area contributed by atoms with E-state index in [4.69, 9.17) is 5.73 Å². The number of hydrogen-bond acceptors (Lipinski definition) is 3. The molecule has 1 aromatic carbocycles. The van der Waals surface area contributed by atoms with Gasteiger partial charge in [-0.05, 0) is 18.2 Å². The topological polar surface area (TPSA) is 29.3 Å². The third-order valence-electron chi connectivity index (χ3n) is 2.91. The number of nitrogen functional groups attached to an aromatic ring is 1. The van der Waals surface area contributed by atoms with Crippen molar-refractivity contribution in [3.05, 3.63) is 23.8 Å². The van der Waals surface area contributed by atoms with Crippen LogP contribution in [-0.4, -0.2) is 24.6 Å². The first kappa shape index (κ1) is 11.5. The zero-order valence-electron chi connectivity index (χ0n) is 9.04. The molecule has 1 heterocycles. The van der Waals surface area contributed by atoms with Gasteiger partial charge in [0.15, 0.2) is 5.82 Å². The molecular formula is C11H14F2N2S. The summed E-state index contributed by atoms with van der Waals surface area (Å²) in [6, 6.07) is 2.42. The van der Waals surface area contributed by atoms with E-state index in [9.17, 15) is 8.78 Å². The lowest BCUT2D eigenvalue weighted by molar-refractivity contribution is 0.583. The van der Waals surface area contributed by atoms with E-state index in [1.807, 2.05) is 23.7 Å². The van der Waals surface area contributed by atoms with Crippen molar-refractivity contribution in [2.75, 3.05) is 29.2 Å². The third kappa shape index (κ3) is 2.09. The van der Waals surface area contributed by atoms with E-state index in [1.165, 1.54) is 6.07 Å². The van der Waals surface area contributed by atoms with Crippen LogP contribution in [-0.2, 0) is 0 Å². The highest BCUT2D eigenvalue weighted by Gasteiger charge is 2.23. The van der Waals surface area contributed by atoms with E-state index in [2.05, 4.69) is 0 Å². The molecule has 1 saturated heterocycles. The van der Waals surface area contributed by atoms with Crippen LogP contribution in [0, 0.1) is 11.6 Å². The van der Waals surface area contributed by atoms with E-state index in [0.717, 1.165) is 24.0 Å². The first-order chi connectivity index (χ1) is 7.59. The maximum absolute atomic E-state index is 13.3. The van der Waals surface area contributed by atoms with Crippen molar-refractivity contribution in [2.45, 2.75) is 12.5 Å². The summed E-state index contributed by atoms with van der Waals surface area (Å²) in [5.74, 6) is 0.799. The van der Waals surface area contributed by atoms with Gasteiger partial charge in [-0.15, -0.1) is 0 Å². The van der Waals surface area contributed by atoms with Gasteiger partial charge in [-0.2, -0.15) is 11.8 Å². The molecule has 5 heteroatoms. The molecule has 0 radical (unpaired) electrons. The van der Waals surface area contributed by atoms with Gasteiger partial charge in [-0.1, -0.05) is 0 Å². The van der Waals surface area contributed by atoms with Crippen molar-refractivity contribution >= 4 is 23.1 Å². The Morgan fingerprint density at radius 3 is 2.81 bits per heavy atom. The fourth-order valence-corrected chi connectivity index (χ4v) is 3.15. The van der Waals surface area contributed by atoms with Crippen LogP contribution in [0.2, 0.25) is 0 Å². The molecule has 16 heavy (non-hydrogen) atoms. The Morgan fingerprint density at radius 1 is 1.44 bits per heavy atom. The summed E-state index contributed by atoms with van der Waals surface area (Å²) in [6.45, 7) is 0. The summed E-state index contributed by atoms with van der Waals surface area (Å²) >= 11 is 1.85. The Labute approximate surface area is 97.8 Å². The lowest BCUT2D eigenvalue weighted by Gasteiger charge is -2.27. The van der Waals surface area contributed by atoms with Crippen molar-refractivity contribution in [1.82, 2.24) is 0 Å². The number of hydrogen-bond donors (Lipinski definition) is 1. The number of nitrogens with two attached hydrogens (primary N) is 1. The highest BCUT2D eigenvalue weighted by atomic mass is 32.2. The van der Waals surface area contributed by atoms with Crippen LogP contribution in [0.1, 0.15) is 6.42 Å². The standard InChI is InChI=1S/C11H14F2N2S/c1-15(8-2-3-16-6-8)10-5-7(12)4-9(13)11(10)14/h4-5,8H,2-3,6,14H2,1H3. The third-order valence-corrected chi connectivity index (χ3v) is 4.05. The Hall–Kier alpha value is -0.970. The van der Waals surface area contributed by atoms with Crippen LogP contribution >= 0.6 is 11.8 Å². The van der Waals surface area contributed by atoms with Gasteiger partial charge in [0.1, 0.15) is 5.82 Å². The second-order valence-corrected chi connectivity index (χ2v) is 5.10. The van der Waals surface area contributed by atoms with Crippen molar-refractivity contribution < 1.29 is 8.78 Å². The predicted octanol–water partition coefficient (Wildman–Crippen LogP) is 2.49. The monoisotopic (exact) mass is 244 g/mol. The minimum atomic E-state index is -0.687. The van der Waals surface area contributed by atoms with Crippen molar-refractivity contribution in [2.24, 2.45) is 0 Å². The van der Waals surface area contributed by atoms with Crippen molar-refractivity contribution in [3.8, 4) is 0 Å². The maximum Gasteiger partial charge on any atom is 0.151 e. The molecule has 2 N–H and O–H groups in total. The molecule has 0 saturated carbocycles. The van der Waals surface area contributed by atoms with E-state index in [0.29, 0.717) is 11.7 Å². The molecule has 1 fully saturated rings. The smallest absolute Gasteiger partial charge is 0.151 e. The molecule has 1 aliphatic rings. The second kappa shape index (κ2) is 4.49. The number of thioether (sulfide) groups is 1. The molecular weight excluding hydrogens is 230 g/mol. The Morgan fingerprint density at radius 2 is 2.19 bits per heavy atom. The lowest BCUT2D eigenvalue weighted by Crippen LogP contribution is -2.32. The summed E-state index contributed by atoms with van der Waals surface area (Å²) in [5, 5.41) is 0. The minimum Gasteiger partial charge on any atom is -0.395 e. The quantitative estimate of drug-likeness (QED) is 0.810. The molecule has 0 aromatic heterocycles. The number of halogens is 2. The van der Waals surface area contributed by atoms with E-state index in [-0.39, 0.29) is 5.69 Å². The van der Waals surface area contributed by atoms with Gasteiger partial charge in [-0.25, -0.2) is 8.78 Å². The molecule has 0 amide bonds. The molecule has 2 nitrogen and oxygen atoms in total. The largest absolute Gasteiger partial charge is 0.395 e. The molecule has 0 bridgehead atoms. The number of anilines is 2. The van der Waals surface area contributed by atoms with Crippen LogP contribution in [0.15, 0.2) is 12.1 Å². The van der Waals surface area contributed by atoms with Crippen molar-refractivity contribution in [3.63, 3.8) is 0 Å². The molecule has 1 aliphatic heterocycles.